The van der Waals surface area contributed by atoms with Crippen molar-refractivity contribution in [3.8, 4) is 0 Å². The number of aryl methyl sites for hydroxylation is 1. The lowest BCUT2D eigenvalue weighted by Crippen LogP contribution is -2.19. The van der Waals surface area contributed by atoms with Crippen LogP contribution < -0.4 is 5.32 Å². The third kappa shape index (κ3) is 8.36. The van der Waals surface area contributed by atoms with Crippen molar-refractivity contribution in [2.24, 2.45) is 5.92 Å². The van der Waals surface area contributed by atoms with Crippen LogP contribution in [-0.4, -0.2) is 16.1 Å². The Morgan fingerprint density at radius 2 is 1.80 bits per heavy atom. The number of nitrogens with zero attached hydrogens (tertiary/aromatic N) is 2. The van der Waals surface area contributed by atoms with Gasteiger partial charge in [0.25, 0.3) is 0 Å². The molecule has 1 N–H and O–H groups in total. The Morgan fingerprint density at radius 1 is 1.10 bits per heavy atom. The van der Waals surface area contributed by atoms with Crippen molar-refractivity contribution in [3.63, 3.8) is 0 Å². The molecule has 0 unspecified atom stereocenters. The first kappa shape index (κ1) is 17.2. The number of unbranched alkanes of at least 4 members (excludes halogenated alkanes) is 6. The third-order valence-electron chi connectivity index (χ3n) is 3.57. The minimum absolute atomic E-state index is 0.699. The molecule has 20 heavy (non-hydrogen) atoms. The zero-order valence-corrected chi connectivity index (χ0v) is 13.7. The third-order valence-corrected chi connectivity index (χ3v) is 3.57. The Morgan fingerprint density at radius 3 is 2.50 bits per heavy atom. The van der Waals surface area contributed by atoms with Gasteiger partial charge in [0.2, 0.25) is 0 Å². The largest absolute Gasteiger partial charge is 0.337 e. The van der Waals surface area contributed by atoms with Gasteiger partial charge >= 0.3 is 0 Å². The summed E-state index contributed by atoms with van der Waals surface area (Å²) >= 11 is 0. The molecule has 1 heterocycles. The van der Waals surface area contributed by atoms with Crippen LogP contribution in [0.4, 0.5) is 0 Å². The number of hydrogen-bond acceptors (Lipinski definition) is 2. The molecule has 0 aliphatic rings. The molecule has 0 saturated carbocycles. The average molecular weight is 279 g/mol. The average Bonchev–Trinajstić information content (AvgIpc) is 2.85. The summed E-state index contributed by atoms with van der Waals surface area (Å²) in [4.78, 5) is 4.45. The predicted molar refractivity (Wildman–Crippen MR) is 86.8 cm³/mol. The molecule has 0 fully saturated rings. The fourth-order valence-electron chi connectivity index (χ4n) is 2.36. The molecular weight excluding hydrogens is 246 g/mol. The minimum Gasteiger partial charge on any atom is -0.337 e. The highest BCUT2D eigenvalue weighted by Gasteiger charge is 1.99. The molecular formula is C17H33N3. The maximum atomic E-state index is 4.45. The van der Waals surface area contributed by atoms with Crippen LogP contribution in [0.2, 0.25) is 0 Å². The van der Waals surface area contributed by atoms with Crippen molar-refractivity contribution in [3.05, 3.63) is 18.2 Å². The highest BCUT2D eigenvalue weighted by atomic mass is 15.0. The van der Waals surface area contributed by atoms with Crippen molar-refractivity contribution in [2.75, 3.05) is 6.54 Å². The van der Waals surface area contributed by atoms with Gasteiger partial charge in [0.1, 0.15) is 0 Å². The van der Waals surface area contributed by atoms with Gasteiger partial charge in [0, 0.05) is 19.3 Å². The first-order valence-electron chi connectivity index (χ1n) is 8.43. The molecule has 0 saturated heterocycles. The molecule has 0 aromatic carbocycles. The van der Waals surface area contributed by atoms with Gasteiger partial charge in [-0.3, -0.25) is 0 Å². The second kappa shape index (κ2) is 10.9. The van der Waals surface area contributed by atoms with E-state index < -0.39 is 0 Å². The fourth-order valence-corrected chi connectivity index (χ4v) is 2.36. The van der Waals surface area contributed by atoms with E-state index in [-0.39, 0.29) is 0 Å². The van der Waals surface area contributed by atoms with E-state index in [9.17, 15) is 0 Å². The van der Waals surface area contributed by atoms with Crippen molar-refractivity contribution in [2.45, 2.75) is 78.8 Å². The zero-order chi connectivity index (χ0) is 14.6. The van der Waals surface area contributed by atoms with Crippen molar-refractivity contribution in [1.82, 2.24) is 14.9 Å². The van der Waals surface area contributed by atoms with Crippen LogP contribution in [0.25, 0.3) is 0 Å². The van der Waals surface area contributed by atoms with E-state index in [2.05, 4.69) is 41.8 Å². The number of imidazole rings is 1. The number of rotatable bonds is 12. The van der Waals surface area contributed by atoms with E-state index in [1.165, 1.54) is 44.9 Å². The van der Waals surface area contributed by atoms with E-state index in [1.54, 1.807) is 0 Å². The number of hydrogen-bond donors (Lipinski definition) is 1. The molecule has 0 radical (unpaired) electrons. The summed E-state index contributed by atoms with van der Waals surface area (Å²) < 4.78 is 2.23. The van der Waals surface area contributed by atoms with Crippen molar-refractivity contribution < 1.29 is 0 Å². The van der Waals surface area contributed by atoms with E-state index in [0.717, 1.165) is 25.3 Å². The molecule has 1 aromatic rings. The van der Waals surface area contributed by atoms with Crippen molar-refractivity contribution in [1.29, 1.82) is 0 Å². The Bertz CT molecular complexity index is 331. The Labute approximate surface area is 125 Å². The maximum Gasteiger partial charge on any atom is 0.0949 e. The Kier molecular flexibility index (Phi) is 9.38. The Balaban J connectivity index is 2.05. The van der Waals surface area contributed by atoms with Crippen molar-refractivity contribution >= 4 is 0 Å². The summed E-state index contributed by atoms with van der Waals surface area (Å²) in [6.07, 6.45) is 13.7. The summed E-state index contributed by atoms with van der Waals surface area (Å²) in [5, 5.41) is 3.43. The molecule has 1 aromatic heterocycles. The van der Waals surface area contributed by atoms with Gasteiger partial charge in [-0.05, 0) is 18.9 Å². The molecule has 0 aliphatic carbocycles. The molecule has 3 heteroatoms. The summed E-state index contributed by atoms with van der Waals surface area (Å²) in [6.45, 7) is 9.79. The molecule has 0 aliphatic heterocycles. The van der Waals surface area contributed by atoms with Crippen LogP contribution in [0.1, 0.15) is 71.4 Å². The SMILES string of the molecule is CCCCCCCCCn1cnc(CNCC(C)C)c1. The lowest BCUT2D eigenvalue weighted by molar-refractivity contribution is 0.544. The number of aromatic nitrogens is 2. The first-order chi connectivity index (χ1) is 9.72. The molecule has 0 atom stereocenters. The standard InChI is InChI=1S/C17H33N3/c1-4-5-6-7-8-9-10-11-20-14-17(19-15-20)13-18-12-16(2)3/h14-16,18H,4-13H2,1-3H3. The van der Waals surface area contributed by atoms with Gasteiger partial charge in [-0.25, -0.2) is 4.98 Å². The van der Waals surface area contributed by atoms with Crippen LogP contribution in [0, 0.1) is 5.92 Å². The normalized spacial score (nSPS) is 11.4. The molecule has 116 valence electrons. The highest BCUT2D eigenvalue weighted by molar-refractivity contribution is 4.96. The van der Waals surface area contributed by atoms with E-state index in [4.69, 9.17) is 0 Å². The van der Waals surface area contributed by atoms with Crippen LogP contribution in [0.3, 0.4) is 0 Å². The van der Waals surface area contributed by atoms with Gasteiger partial charge in [-0.15, -0.1) is 0 Å². The lowest BCUT2D eigenvalue weighted by Gasteiger charge is -2.05. The monoisotopic (exact) mass is 279 g/mol. The minimum atomic E-state index is 0.699. The van der Waals surface area contributed by atoms with Crippen LogP contribution in [0.15, 0.2) is 12.5 Å². The van der Waals surface area contributed by atoms with E-state index in [1.807, 2.05) is 6.33 Å². The van der Waals surface area contributed by atoms with E-state index in [0.29, 0.717) is 5.92 Å². The quantitative estimate of drug-likeness (QED) is 0.575. The molecule has 3 nitrogen and oxygen atoms in total. The van der Waals surface area contributed by atoms with Crippen LogP contribution in [-0.2, 0) is 13.1 Å². The molecule has 1 rings (SSSR count). The summed E-state index contributed by atoms with van der Waals surface area (Å²) in [6, 6.07) is 0. The highest BCUT2D eigenvalue weighted by Crippen LogP contribution is 2.08. The molecule has 0 bridgehead atoms. The summed E-state index contributed by atoms with van der Waals surface area (Å²) in [5.74, 6) is 0.699. The smallest absolute Gasteiger partial charge is 0.0949 e. The first-order valence-corrected chi connectivity index (χ1v) is 8.43. The van der Waals surface area contributed by atoms with Gasteiger partial charge in [0.05, 0.1) is 12.0 Å². The van der Waals surface area contributed by atoms with Gasteiger partial charge in [-0.1, -0.05) is 59.3 Å². The zero-order valence-electron chi connectivity index (χ0n) is 13.7. The second-order valence-electron chi connectivity index (χ2n) is 6.25. The number of nitrogens with one attached hydrogen (secondary N) is 1. The van der Waals surface area contributed by atoms with Gasteiger partial charge < -0.3 is 9.88 Å². The fraction of sp³-hybridized carbons (Fsp3) is 0.824. The molecule has 0 spiro atoms. The topological polar surface area (TPSA) is 29.9 Å². The van der Waals surface area contributed by atoms with Gasteiger partial charge in [-0.2, -0.15) is 0 Å². The Hall–Kier alpha value is -0.830. The van der Waals surface area contributed by atoms with Crippen LogP contribution >= 0.6 is 0 Å². The lowest BCUT2D eigenvalue weighted by atomic mass is 10.1. The predicted octanol–water partition coefficient (Wildman–Crippen LogP) is 4.38. The molecule has 0 amide bonds. The summed E-state index contributed by atoms with van der Waals surface area (Å²) in [7, 11) is 0. The maximum absolute atomic E-state index is 4.45. The summed E-state index contributed by atoms with van der Waals surface area (Å²) in [5.41, 5.74) is 1.16. The van der Waals surface area contributed by atoms with Gasteiger partial charge in [0.15, 0.2) is 0 Å². The van der Waals surface area contributed by atoms with E-state index >= 15 is 0 Å². The van der Waals surface area contributed by atoms with Crippen LogP contribution in [0.5, 0.6) is 0 Å². The second-order valence-corrected chi connectivity index (χ2v) is 6.25.